The van der Waals surface area contributed by atoms with Gasteiger partial charge < -0.3 is 20.5 Å². The normalized spacial score (nSPS) is 14.2. The van der Waals surface area contributed by atoms with Crippen LogP contribution in [0.1, 0.15) is 21.5 Å². The Morgan fingerprint density at radius 1 is 1.15 bits per heavy atom. The highest BCUT2D eigenvalue weighted by molar-refractivity contribution is 5.99. The molecule has 0 bridgehead atoms. The van der Waals surface area contributed by atoms with Gasteiger partial charge in [0.2, 0.25) is 6.41 Å². The molecule has 0 spiro atoms. The number of amides is 2. The number of benzene rings is 2. The molecule has 1 aliphatic rings. The average molecular weight is 354 g/mol. The topological polar surface area (TPSA) is 105 Å². The predicted octanol–water partition coefficient (Wildman–Crippen LogP) is 1.62. The summed E-state index contributed by atoms with van der Waals surface area (Å²) >= 11 is 0. The van der Waals surface area contributed by atoms with Gasteiger partial charge in [-0.25, -0.2) is 4.79 Å². The van der Waals surface area contributed by atoms with Gasteiger partial charge in [-0.1, -0.05) is 24.3 Å². The summed E-state index contributed by atoms with van der Waals surface area (Å²) in [5, 5.41) is 14.9. The fraction of sp³-hybridized carbons (Fsp3) is 0.211. The van der Waals surface area contributed by atoms with E-state index in [2.05, 4.69) is 10.6 Å². The molecular weight excluding hydrogens is 336 g/mol. The molecule has 0 saturated heterocycles. The quantitative estimate of drug-likeness (QED) is 0.684. The summed E-state index contributed by atoms with van der Waals surface area (Å²) in [6, 6.07) is 11.9. The Balaban J connectivity index is 1.87. The van der Waals surface area contributed by atoms with Crippen LogP contribution < -0.4 is 15.4 Å². The zero-order valence-corrected chi connectivity index (χ0v) is 14.1. The van der Waals surface area contributed by atoms with Gasteiger partial charge in [-0.3, -0.25) is 9.59 Å². The van der Waals surface area contributed by atoms with E-state index in [1.165, 1.54) is 25.3 Å². The van der Waals surface area contributed by atoms with Gasteiger partial charge in [0.05, 0.1) is 12.8 Å². The average Bonchev–Trinajstić information content (AvgIpc) is 3.01. The zero-order valence-electron chi connectivity index (χ0n) is 14.1. The van der Waals surface area contributed by atoms with E-state index in [1.807, 2.05) is 24.3 Å². The third kappa shape index (κ3) is 3.11. The standard InChI is InChI=1S/C19H18N2O5/c1-26-16-7-6-12(8-15(16)20-11-22)17(23)21-19(18(24)25)9-13-4-2-3-5-14(13)10-19/h2-8,11H,9-10H2,1H3,(H,20,22)(H,21,23)(H,24,25). The zero-order chi connectivity index (χ0) is 18.7. The molecule has 0 unspecified atom stereocenters. The highest BCUT2D eigenvalue weighted by Crippen LogP contribution is 2.31. The molecule has 0 aliphatic heterocycles. The Bertz CT molecular complexity index is 853. The van der Waals surface area contributed by atoms with Gasteiger partial charge in [0.25, 0.3) is 5.91 Å². The lowest BCUT2D eigenvalue weighted by Crippen LogP contribution is -2.55. The molecule has 0 aromatic heterocycles. The van der Waals surface area contributed by atoms with Gasteiger partial charge in [-0.05, 0) is 29.3 Å². The third-order valence-electron chi connectivity index (χ3n) is 4.54. The lowest BCUT2D eigenvalue weighted by atomic mass is 9.95. The second kappa shape index (κ2) is 6.87. The van der Waals surface area contributed by atoms with Crippen LogP contribution in [-0.4, -0.2) is 36.0 Å². The van der Waals surface area contributed by atoms with E-state index in [9.17, 15) is 19.5 Å². The molecule has 0 saturated carbocycles. The first-order chi connectivity index (χ1) is 12.5. The molecular formula is C19H18N2O5. The van der Waals surface area contributed by atoms with E-state index in [4.69, 9.17) is 4.74 Å². The van der Waals surface area contributed by atoms with Crippen molar-refractivity contribution in [2.24, 2.45) is 0 Å². The highest BCUT2D eigenvalue weighted by Gasteiger charge is 2.45. The van der Waals surface area contributed by atoms with Crippen molar-refractivity contribution in [1.29, 1.82) is 0 Å². The monoisotopic (exact) mass is 354 g/mol. The van der Waals surface area contributed by atoms with Crippen LogP contribution in [0.2, 0.25) is 0 Å². The van der Waals surface area contributed by atoms with Gasteiger partial charge in [-0.2, -0.15) is 0 Å². The number of methoxy groups -OCH3 is 1. The van der Waals surface area contributed by atoms with Gasteiger partial charge in [0.15, 0.2) is 0 Å². The van der Waals surface area contributed by atoms with E-state index in [1.54, 1.807) is 0 Å². The fourth-order valence-electron chi connectivity index (χ4n) is 3.22. The van der Waals surface area contributed by atoms with Crippen LogP contribution >= 0.6 is 0 Å². The number of fused-ring (bicyclic) bond motifs is 1. The Hall–Kier alpha value is -3.35. The van der Waals surface area contributed by atoms with Crippen molar-refractivity contribution in [2.45, 2.75) is 18.4 Å². The van der Waals surface area contributed by atoms with Crippen LogP contribution in [0.15, 0.2) is 42.5 Å². The van der Waals surface area contributed by atoms with Gasteiger partial charge in [0, 0.05) is 18.4 Å². The minimum Gasteiger partial charge on any atom is -0.495 e. The second-order valence-electron chi connectivity index (χ2n) is 6.14. The Labute approximate surface area is 150 Å². The van der Waals surface area contributed by atoms with E-state index >= 15 is 0 Å². The van der Waals surface area contributed by atoms with Crippen molar-refractivity contribution in [3.63, 3.8) is 0 Å². The first-order valence-corrected chi connectivity index (χ1v) is 8.00. The molecule has 0 fully saturated rings. The van der Waals surface area contributed by atoms with Crippen LogP contribution in [-0.2, 0) is 22.4 Å². The summed E-state index contributed by atoms with van der Waals surface area (Å²) in [6.45, 7) is 0. The molecule has 26 heavy (non-hydrogen) atoms. The van der Waals surface area contributed by atoms with E-state index in [0.29, 0.717) is 17.8 Å². The van der Waals surface area contributed by atoms with E-state index in [0.717, 1.165) is 11.1 Å². The number of anilines is 1. The summed E-state index contributed by atoms with van der Waals surface area (Å²) in [5.41, 5.74) is 0.987. The first kappa shape index (κ1) is 17.5. The summed E-state index contributed by atoms with van der Waals surface area (Å²) in [6.07, 6.45) is 0.922. The largest absolute Gasteiger partial charge is 0.495 e. The Kier molecular flexibility index (Phi) is 4.62. The van der Waals surface area contributed by atoms with Crippen molar-refractivity contribution >= 4 is 24.0 Å². The molecule has 0 radical (unpaired) electrons. The molecule has 2 aromatic rings. The predicted molar refractivity (Wildman–Crippen MR) is 94.4 cm³/mol. The minimum absolute atomic E-state index is 0.222. The van der Waals surface area contributed by atoms with Crippen LogP contribution in [0.3, 0.4) is 0 Å². The smallest absolute Gasteiger partial charge is 0.330 e. The molecule has 2 amide bonds. The molecule has 7 nitrogen and oxygen atoms in total. The lowest BCUT2D eigenvalue weighted by Gasteiger charge is -2.25. The number of ether oxygens (including phenoxy) is 1. The van der Waals surface area contributed by atoms with E-state index in [-0.39, 0.29) is 18.4 Å². The Morgan fingerprint density at radius 2 is 1.81 bits per heavy atom. The van der Waals surface area contributed by atoms with Crippen LogP contribution in [0.5, 0.6) is 5.75 Å². The number of carboxylic acid groups (broad SMARTS) is 1. The summed E-state index contributed by atoms with van der Waals surface area (Å²) in [7, 11) is 1.44. The maximum Gasteiger partial charge on any atom is 0.330 e. The van der Waals surface area contributed by atoms with E-state index < -0.39 is 17.4 Å². The number of hydrogen-bond acceptors (Lipinski definition) is 4. The summed E-state index contributed by atoms with van der Waals surface area (Å²) in [4.78, 5) is 35.3. The lowest BCUT2D eigenvalue weighted by molar-refractivity contribution is -0.144. The van der Waals surface area contributed by atoms with Crippen molar-refractivity contribution in [3.05, 3.63) is 59.2 Å². The fourth-order valence-corrected chi connectivity index (χ4v) is 3.22. The molecule has 0 atom stereocenters. The number of rotatable bonds is 6. The van der Waals surface area contributed by atoms with Gasteiger partial charge >= 0.3 is 5.97 Å². The maximum absolute atomic E-state index is 12.7. The second-order valence-corrected chi connectivity index (χ2v) is 6.14. The van der Waals surface area contributed by atoms with Crippen LogP contribution in [0, 0.1) is 0 Å². The van der Waals surface area contributed by atoms with Crippen molar-refractivity contribution in [3.8, 4) is 5.75 Å². The highest BCUT2D eigenvalue weighted by atomic mass is 16.5. The van der Waals surface area contributed by atoms with Crippen molar-refractivity contribution in [1.82, 2.24) is 5.32 Å². The molecule has 134 valence electrons. The Morgan fingerprint density at radius 3 is 2.35 bits per heavy atom. The summed E-state index contributed by atoms with van der Waals surface area (Å²) in [5.74, 6) is -1.21. The molecule has 3 rings (SSSR count). The number of carbonyl (C=O) groups is 3. The summed E-state index contributed by atoms with van der Waals surface area (Å²) < 4.78 is 5.12. The third-order valence-corrected chi connectivity index (χ3v) is 4.54. The van der Waals surface area contributed by atoms with Crippen molar-refractivity contribution < 1.29 is 24.2 Å². The number of hydrogen-bond donors (Lipinski definition) is 3. The minimum atomic E-state index is -1.39. The SMILES string of the molecule is COc1ccc(C(=O)NC2(C(=O)O)Cc3ccccc3C2)cc1NC=O. The molecule has 2 aromatic carbocycles. The first-order valence-electron chi connectivity index (χ1n) is 8.00. The molecule has 7 heteroatoms. The van der Waals surface area contributed by atoms with Gasteiger partial charge in [-0.15, -0.1) is 0 Å². The van der Waals surface area contributed by atoms with Crippen LogP contribution in [0.4, 0.5) is 5.69 Å². The van der Waals surface area contributed by atoms with Crippen LogP contribution in [0.25, 0.3) is 0 Å². The molecule has 1 aliphatic carbocycles. The maximum atomic E-state index is 12.7. The molecule has 3 N–H and O–H groups in total. The number of carboxylic acids is 1. The van der Waals surface area contributed by atoms with Gasteiger partial charge in [0.1, 0.15) is 11.3 Å². The number of aliphatic carboxylic acids is 1. The number of carbonyl (C=O) groups excluding carboxylic acids is 2. The number of nitrogens with one attached hydrogen (secondary N) is 2. The van der Waals surface area contributed by atoms with Crippen molar-refractivity contribution in [2.75, 3.05) is 12.4 Å². The molecule has 0 heterocycles.